The molecule has 4 amide bonds. The summed E-state index contributed by atoms with van der Waals surface area (Å²) in [7, 11) is 0. The normalized spacial score (nSPS) is 21.2. The van der Waals surface area contributed by atoms with E-state index in [0.717, 1.165) is 0 Å². The van der Waals surface area contributed by atoms with Crippen LogP contribution in [-0.2, 0) is 28.5 Å². The van der Waals surface area contributed by atoms with Crippen molar-refractivity contribution in [3.8, 4) is 0 Å². The number of aliphatic hydroxyl groups excluding tert-OH is 1. The third kappa shape index (κ3) is 8.65. The average Bonchev–Trinajstić information content (AvgIpc) is 3.68. The minimum atomic E-state index is -1.20. The summed E-state index contributed by atoms with van der Waals surface area (Å²) >= 11 is 0. The van der Waals surface area contributed by atoms with Crippen molar-refractivity contribution < 1.29 is 52.0 Å². The highest BCUT2D eigenvalue weighted by Crippen LogP contribution is 2.30. The summed E-state index contributed by atoms with van der Waals surface area (Å²) in [6.45, 7) is 6.51. The summed E-state index contributed by atoms with van der Waals surface area (Å²) in [5, 5.41) is 11.0. The number of rotatable bonds is 12. The second-order valence-electron chi connectivity index (χ2n) is 13.2. The number of hydrogen-bond acceptors (Lipinski definition) is 11. The summed E-state index contributed by atoms with van der Waals surface area (Å²) in [6.07, 6.45) is -4.09. The van der Waals surface area contributed by atoms with Gasteiger partial charge in [0.05, 0.1) is 81.5 Å². The first-order valence-corrected chi connectivity index (χ1v) is 17.4. The number of aliphatic hydroxyl groups is 1. The molecule has 52 heavy (non-hydrogen) atoms. The molecule has 282 valence electrons. The maximum Gasteiger partial charge on any atom is 0.414 e. The van der Waals surface area contributed by atoms with Gasteiger partial charge in [-0.1, -0.05) is 0 Å². The lowest BCUT2D eigenvalue weighted by Gasteiger charge is -2.30. The average molecular weight is 731 g/mol. The minimum absolute atomic E-state index is 0.0425. The Labute approximate surface area is 300 Å². The molecule has 0 radical (unpaired) electrons. The lowest BCUT2D eigenvalue weighted by atomic mass is 10.2. The van der Waals surface area contributed by atoms with E-state index in [4.69, 9.17) is 18.9 Å². The number of morpholine rings is 2. The van der Waals surface area contributed by atoms with E-state index in [9.17, 15) is 24.3 Å². The molecule has 0 spiro atoms. The molecule has 4 heterocycles. The number of hydrogen-bond donors (Lipinski definition) is 1. The first-order chi connectivity index (χ1) is 25.0. The van der Waals surface area contributed by atoms with Crippen LogP contribution in [0.15, 0.2) is 36.4 Å². The Morgan fingerprint density at radius 2 is 1.12 bits per heavy atom. The van der Waals surface area contributed by atoms with E-state index in [-0.39, 0.29) is 39.3 Å². The maximum absolute atomic E-state index is 15.0. The summed E-state index contributed by atoms with van der Waals surface area (Å²) in [5.74, 6) is -1.75. The number of amides is 4. The van der Waals surface area contributed by atoms with Gasteiger partial charge in [-0.15, -0.1) is 0 Å². The second-order valence-corrected chi connectivity index (χ2v) is 13.2. The second kappa shape index (κ2) is 16.3. The van der Waals surface area contributed by atoms with Gasteiger partial charge in [0.1, 0.15) is 23.8 Å². The van der Waals surface area contributed by atoms with Crippen LogP contribution in [-0.4, -0.2) is 149 Å². The lowest BCUT2D eigenvalue weighted by Crippen LogP contribution is -2.48. The van der Waals surface area contributed by atoms with Gasteiger partial charge in [-0.3, -0.25) is 19.4 Å². The van der Waals surface area contributed by atoms with Crippen LogP contribution in [0, 0.1) is 11.6 Å². The molecule has 15 nitrogen and oxygen atoms in total. The lowest BCUT2D eigenvalue weighted by molar-refractivity contribution is -0.133. The summed E-state index contributed by atoms with van der Waals surface area (Å²) < 4.78 is 51.8. The van der Waals surface area contributed by atoms with Crippen LogP contribution in [0.3, 0.4) is 0 Å². The highest BCUT2D eigenvalue weighted by atomic mass is 19.1. The van der Waals surface area contributed by atoms with Crippen molar-refractivity contribution in [2.24, 2.45) is 0 Å². The molecule has 0 saturated carbocycles. The Bertz CT molecular complexity index is 1520. The number of carbonyl (C=O) groups excluding carboxylic acids is 4. The predicted molar refractivity (Wildman–Crippen MR) is 185 cm³/mol. The van der Waals surface area contributed by atoms with Crippen LogP contribution in [0.4, 0.5) is 41.1 Å². The Kier molecular flexibility index (Phi) is 11.6. The van der Waals surface area contributed by atoms with E-state index in [1.807, 2.05) is 9.80 Å². The fourth-order valence-corrected chi connectivity index (χ4v) is 6.83. The predicted octanol–water partition coefficient (Wildman–Crippen LogP) is 2.05. The molecule has 4 saturated heterocycles. The van der Waals surface area contributed by atoms with E-state index in [0.29, 0.717) is 75.4 Å². The van der Waals surface area contributed by atoms with Gasteiger partial charge >= 0.3 is 12.2 Å². The Morgan fingerprint density at radius 3 is 1.46 bits per heavy atom. The molecule has 4 aliphatic rings. The molecule has 1 N–H and O–H groups in total. The van der Waals surface area contributed by atoms with Crippen molar-refractivity contribution in [2.75, 3.05) is 111 Å². The Balaban J connectivity index is 1.02. The zero-order chi connectivity index (χ0) is 36.9. The SMILES string of the molecule is CC(=O)N(CC(O)CN(CC1CN(c2ccc(N3CCOCC3)c(F)c2)C(=O)O1)C(C)=O)CC1CN(c2ccc(N3CCOCC3)c(F)c2)C(=O)O1. The molecule has 4 aliphatic heterocycles. The van der Waals surface area contributed by atoms with Crippen molar-refractivity contribution in [1.29, 1.82) is 0 Å². The molecule has 6 rings (SSSR count). The van der Waals surface area contributed by atoms with Crippen LogP contribution in [0.2, 0.25) is 0 Å². The van der Waals surface area contributed by atoms with Gasteiger partial charge in [-0.2, -0.15) is 0 Å². The molecule has 17 heteroatoms. The van der Waals surface area contributed by atoms with Crippen molar-refractivity contribution in [2.45, 2.75) is 32.2 Å². The number of ether oxygens (including phenoxy) is 4. The van der Waals surface area contributed by atoms with Gasteiger partial charge in [0, 0.05) is 53.1 Å². The topological polar surface area (TPSA) is 145 Å². The molecule has 2 aromatic carbocycles. The third-order valence-corrected chi connectivity index (χ3v) is 9.54. The zero-order valence-electron chi connectivity index (χ0n) is 29.2. The largest absolute Gasteiger partial charge is 0.442 e. The maximum atomic E-state index is 15.0. The fourth-order valence-electron chi connectivity index (χ4n) is 6.83. The molecule has 4 fully saturated rings. The van der Waals surface area contributed by atoms with Crippen LogP contribution in [0.1, 0.15) is 13.8 Å². The zero-order valence-corrected chi connectivity index (χ0v) is 29.2. The summed E-state index contributed by atoms with van der Waals surface area (Å²) in [5.41, 5.74) is 1.46. The van der Waals surface area contributed by atoms with Gasteiger partial charge in [-0.05, 0) is 36.4 Å². The van der Waals surface area contributed by atoms with Crippen molar-refractivity contribution in [1.82, 2.24) is 9.80 Å². The highest BCUT2D eigenvalue weighted by Gasteiger charge is 2.37. The van der Waals surface area contributed by atoms with Crippen LogP contribution >= 0.6 is 0 Å². The van der Waals surface area contributed by atoms with E-state index in [1.165, 1.54) is 45.6 Å². The van der Waals surface area contributed by atoms with Crippen molar-refractivity contribution in [3.63, 3.8) is 0 Å². The fraction of sp³-hybridized carbons (Fsp3) is 0.543. The van der Waals surface area contributed by atoms with E-state index < -0.39 is 53.9 Å². The molecule has 0 bridgehead atoms. The smallest absolute Gasteiger partial charge is 0.414 e. The molecule has 0 aliphatic carbocycles. The number of anilines is 4. The first kappa shape index (κ1) is 37.0. The number of cyclic esters (lactones) is 2. The molecular formula is C35H44F2N6O9. The number of carbonyl (C=O) groups is 4. The van der Waals surface area contributed by atoms with Crippen molar-refractivity contribution in [3.05, 3.63) is 48.0 Å². The monoisotopic (exact) mass is 730 g/mol. The Hall–Kier alpha value is -4.74. The number of benzene rings is 2. The van der Waals surface area contributed by atoms with E-state index in [2.05, 4.69) is 0 Å². The molecule has 2 atom stereocenters. The van der Waals surface area contributed by atoms with Crippen LogP contribution < -0.4 is 19.6 Å². The number of nitrogens with zero attached hydrogens (tertiary/aromatic N) is 6. The highest BCUT2D eigenvalue weighted by molar-refractivity contribution is 5.91. The molecule has 0 aromatic heterocycles. The Morgan fingerprint density at radius 1 is 0.731 bits per heavy atom. The first-order valence-electron chi connectivity index (χ1n) is 17.4. The molecular weight excluding hydrogens is 686 g/mol. The number of halogens is 2. The summed E-state index contributed by atoms with van der Waals surface area (Å²) in [6, 6.07) is 9.06. The van der Waals surface area contributed by atoms with Gasteiger partial charge in [0.25, 0.3) is 0 Å². The van der Waals surface area contributed by atoms with Crippen LogP contribution in [0.5, 0.6) is 0 Å². The van der Waals surface area contributed by atoms with E-state index in [1.54, 1.807) is 24.3 Å². The van der Waals surface area contributed by atoms with Gasteiger partial charge in [0.15, 0.2) is 0 Å². The van der Waals surface area contributed by atoms with Gasteiger partial charge in [0.2, 0.25) is 11.8 Å². The standard InChI is InChI=1S/C35H44F2N6O9/c1-23(44)40(19-28-21-42(34(47)51-28)25-3-5-32(30(36)15-25)38-7-11-49-12-8-38)17-27(46)18-41(24(2)45)20-29-22-43(35(48)52-29)26-4-6-33(31(37)16-26)39-9-13-50-14-10-39/h3-6,15-16,27-29,46H,7-14,17-22H2,1-2H3. The van der Waals surface area contributed by atoms with E-state index >= 15 is 8.78 Å². The van der Waals surface area contributed by atoms with Crippen molar-refractivity contribution >= 4 is 46.8 Å². The van der Waals surface area contributed by atoms with Gasteiger partial charge in [-0.25, -0.2) is 18.4 Å². The quantitative estimate of drug-likeness (QED) is 0.343. The summed E-state index contributed by atoms with van der Waals surface area (Å²) in [4.78, 5) is 59.7. The third-order valence-electron chi connectivity index (χ3n) is 9.54. The van der Waals surface area contributed by atoms with Gasteiger partial charge < -0.3 is 43.7 Å². The molecule has 2 aromatic rings. The molecule has 2 unspecified atom stereocenters. The minimum Gasteiger partial charge on any atom is -0.442 e. The van der Waals surface area contributed by atoms with Crippen LogP contribution in [0.25, 0.3) is 0 Å².